The number of hydrogen-bond donors (Lipinski definition) is 1. The Morgan fingerprint density at radius 2 is 1.88 bits per heavy atom. The van der Waals surface area contributed by atoms with Gasteiger partial charge in [0.05, 0.1) is 35.5 Å². The smallest absolute Gasteiger partial charge is 0.412 e. The first-order chi connectivity index (χ1) is 16.4. The molecule has 0 saturated heterocycles. The minimum absolute atomic E-state index is 0.142. The third-order valence-electron chi connectivity index (χ3n) is 5.57. The molecule has 1 N–H and O–H groups in total. The summed E-state index contributed by atoms with van der Waals surface area (Å²) in [5, 5.41) is 3.04. The third-order valence-corrected chi connectivity index (χ3v) is 5.94. The fourth-order valence-corrected chi connectivity index (χ4v) is 4.07. The zero-order valence-electron chi connectivity index (χ0n) is 18.0. The number of amides is 1. The van der Waals surface area contributed by atoms with Gasteiger partial charge in [-0.15, -0.1) is 0 Å². The van der Waals surface area contributed by atoms with Crippen molar-refractivity contribution in [2.45, 2.75) is 0 Å². The number of anilines is 1. The molecular formula is C24H17ClFN5O3. The van der Waals surface area contributed by atoms with E-state index in [0.717, 1.165) is 11.1 Å². The van der Waals surface area contributed by atoms with Crippen LogP contribution in [0.4, 0.5) is 15.0 Å². The highest BCUT2D eigenvalue weighted by Crippen LogP contribution is 2.32. The van der Waals surface area contributed by atoms with E-state index in [4.69, 9.17) is 11.6 Å². The number of aromatic nitrogens is 4. The monoisotopic (exact) mass is 477 g/mol. The summed E-state index contributed by atoms with van der Waals surface area (Å²) >= 11 is 6.24. The van der Waals surface area contributed by atoms with E-state index in [0.29, 0.717) is 27.8 Å². The van der Waals surface area contributed by atoms with Crippen LogP contribution in [-0.2, 0) is 11.8 Å². The highest BCUT2D eigenvalue weighted by Gasteiger charge is 2.19. The molecule has 3 aromatic heterocycles. The first-order valence-electron chi connectivity index (χ1n) is 10.1. The highest BCUT2D eigenvalue weighted by molar-refractivity contribution is 6.32. The van der Waals surface area contributed by atoms with Crippen molar-refractivity contribution in [3.05, 3.63) is 82.2 Å². The summed E-state index contributed by atoms with van der Waals surface area (Å²) in [5.74, 6) is -0.271. The molecule has 0 saturated carbocycles. The SMILES string of the molecule is COC(=O)Nc1ccc(-c2ccc3ncc4c(c3c2)n(-c2cccc(F)c2Cl)c(=O)n4C)cn1. The minimum Gasteiger partial charge on any atom is -0.453 e. The number of pyridine rings is 2. The lowest BCUT2D eigenvalue weighted by molar-refractivity contribution is 0.187. The molecule has 0 fully saturated rings. The maximum absolute atomic E-state index is 14.2. The third kappa shape index (κ3) is 3.46. The summed E-state index contributed by atoms with van der Waals surface area (Å²) in [6.07, 6.45) is 2.61. The Labute approximate surface area is 197 Å². The number of methoxy groups -OCH3 is 1. The van der Waals surface area contributed by atoms with Gasteiger partial charge in [-0.05, 0) is 42.0 Å². The molecule has 0 aliphatic heterocycles. The maximum Gasteiger partial charge on any atom is 0.412 e. The van der Waals surface area contributed by atoms with Crippen molar-refractivity contribution < 1.29 is 13.9 Å². The molecule has 0 aliphatic rings. The number of carbonyl (C=O) groups is 1. The van der Waals surface area contributed by atoms with E-state index in [1.54, 1.807) is 37.6 Å². The van der Waals surface area contributed by atoms with Gasteiger partial charge in [-0.3, -0.25) is 19.4 Å². The largest absolute Gasteiger partial charge is 0.453 e. The van der Waals surface area contributed by atoms with Crippen LogP contribution in [0.15, 0.2) is 65.7 Å². The summed E-state index contributed by atoms with van der Waals surface area (Å²) in [7, 11) is 2.90. The summed E-state index contributed by atoms with van der Waals surface area (Å²) in [6.45, 7) is 0. The predicted molar refractivity (Wildman–Crippen MR) is 128 cm³/mol. The van der Waals surface area contributed by atoms with Crippen LogP contribution in [0.3, 0.4) is 0 Å². The Hall–Kier alpha value is -4.24. The van der Waals surface area contributed by atoms with Crippen LogP contribution in [-0.4, -0.2) is 32.3 Å². The first-order valence-corrected chi connectivity index (χ1v) is 10.5. The van der Waals surface area contributed by atoms with Crippen molar-refractivity contribution in [1.82, 2.24) is 19.1 Å². The van der Waals surface area contributed by atoms with Crippen LogP contribution < -0.4 is 11.0 Å². The number of ether oxygens (including phenoxy) is 1. The van der Waals surface area contributed by atoms with Crippen LogP contribution >= 0.6 is 11.6 Å². The minimum atomic E-state index is -0.617. The molecule has 0 bridgehead atoms. The lowest BCUT2D eigenvalue weighted by Crippen LogP contribution is -2.21. The molecule has 1 amide bonds. The Morgan fingerprint density at radius 1 is 1.09 bits per heavy atom. The second-order valence-corrected chi connectivity index (χ2v) is 7.90. The topological polar surface area (TPSA) is 91.0 Å². The zero-order valence-corrected chi connectivity index (χ0v) is 18.8. The number of imidazole rings is 1. The van der Waals surface area contributed by atoms with Crippen molar-refractivity contribution in [3.8, 4) is 16.8 Å². The van der Waals surface area contributed by atoms with E-state index in [1.165, 1.54) is 28.4 Å². The van der Waals surface area contributed by atoms with Gasteiger partial charge in [-0.1, -0.05) is 23.7 Å². The molecular weight excluding hydrogens is 461 g/mol. The molecule has 170 valence electrons. The van der Waals surface area contributed by atoms with Crippen LogP contribution in [0.1, 0.15) is 0 Å². The molecule has 10 heteroatoms. The number of halogens is 2. The molecule has 0 atom stereocenters. The van der Waals surface area contributed by atoms with Crippen molar-refractivity contribution in [3.63, 3.8) is 0 Å². The van der Waals surface area contributed by atoms with Gasteiger partial charge in [0.2, 0.25) is 0 Å². The Balaban J connectivity index is 1.73. The molecule has 34 heavy (non-hydrogen) atoms. The van der Waals surface area contributed by atoms with Crippen molar-refractivity contribution >= 4 is 45.4 Å². The number of nitrogens with zero attached hydrogens (tertiary/aromatic N) is 4. The van der Waals surface area contributed by atoms with E-state index in [-0.39, 0.29) is 16.4 Å². The quantitative estimate of drug-likeness (QED) is 0.398. The first kappa shape index (κ1) is 21.6. The van der Waals surface area contributed by atoms with Crippen molar-refractivity contribution in [1.29, 1.82) is 0 Å². The molecule has 3 heterocycles. The Morgan fingerprint density at radius 3 is 2.62 bits per heavy atom. The predicted octanol–water partition coefficient (Wildman–Crippen LogP) is 4.91. The van der Waals surface area contributed by atoms with Crippen LogP contribution in [0.2, 0.25) is 5.02 Å². The highest BCUT2D eigenvalue weighted by atomic mass is 35.5. The summed E-state index contributed by atoms with van der Waals surface area (Å²) in [5.41, 5.74) is 3.25. The standard InChI is InChI=1S/C24H17ClFN5O3/c1-30-19-12-27-17-8-6-13(14-7-9-20(28-11-14)29-23(32)34-2)10-15(17)22(19)31(24(30)33)18-5-3-4-16(26)21(18)25/h3-12H,1-2H3,(H,28,29,32). The number of aryl methyl sites for hydroxylation is 1. The number of carbonyl (C=O) groups excluding carboxylic acids is 1. The van der Waals surface area contributed by atoms with Crippen molar-refractivity contribution in [2.75, 3.05) is 12.4 Å². The second kappa shape index (κ2) is 8.27. The lowest BCUT2D eigenvalue weighted by Gasteiger charge is -2.10. The average molecular weight is 478 g/mol. The molecule has 0 unspecified atom stereocenters. The van der Waals surface area contributed by atoms with Gasteiger partial charge in [0.1, 0.15) is 16.7 Å². The molecule has 2 aromatic carbocycles. The van der Waals surface area contributed by atoms with Gasteiger partial charge in [-0.2, -0.15) is 0 Å². The van der Waals surface area contributed by atoms with Gasteiger partial charge in [-0.25, -0.2) is 19.0 Å². The van der Waals surface area contributed by atoms with E-state index >= 15 is 0 Å². The Kier molecular flexibility index (Phi) is 5.25. The number of rotatable bonds is 3. The lowest BCUT2D eigenvalue weighted by atomic mass is 10.0. The van der Waals surface area contributed by atoms with Crippen LogP contribution in [0.25, 0.3) is 38.8 Å². The average Bonchev–Trinajstić information content (AvgIpc) is 3.11. The van der Waals surface area contributed by atoms with Gasteiger partial charge in [0, 0.05) is 24.2 Å². The molecule has 5 aromatic rings. The van der Waals surface area contributed by atoms with E-state index in [2.05, 4.69) is 20.0 Å². The molecule has 8 nitrogen and oxygen atoms in total. The number of hydrogen-bond acceptors (Lipinski definition) is 5. The summed E-state index contributed by atoms with van der Waals surface area (Å²) in [4.78, 5) is 33.3. The molecule has 0 radical (unpaired) electrons. The molecule has 0 aliphatic carbocycles. The maximum atomic E-state index is 14.2. The van der Waals surface area contributed by atoms with E-state index < -0.39 is 11.9 Å². The fraction of sp³-hybridized carbons (Fsp3) is 0.0833. The normalized spacial score (nSPS) is 11.2. The zero-order chi connectivity index (χ0) is 24.0. The van der Waals surface area contributed by atoms with Crippen LogP contribution in [0, 0.1) is 5.82 Å². The van der Waals surface area contributed by atoms with E-state index in [1.807, 2.05) is 18.2 Å². The second-order valence-electron chi connectivity index (χ2n) is 7.52. The van der Waals surface area contributed by atoms with Crippen LogP contribution in [0.5, 0.6) is 0 Å². The summed E-state index contributed by atoms with van der Waals surface area (Å²) < 4.78 is 21.7. The van der Waals surface area contributed by atoms with Gasteiger partial charge < -0.3 is 4.74 Å². The van der Waals surface area contributed by atoms with Gasteiger partial charge >= 0.3 is 11.8 Å². The van der Waals surface area contributed by atoms with E-state index in [9.17, 15) is 14.0 Å². The number of nitrogens with one attached hydrogen (secondary N) is 1. The molecule has 5 rings (SSSR count). The Bertz CT molecular complexity index is 1640. The fourth-order valence-electron chi connectivity index (χ4n) is 3.86. The molecule has 0 spiro atoms. The van der Waals surface area contributed by atoms with Gasteiger partial charge in [0.15, 0.2) is 0 Å². The van der Waals surface area contributed by atoms with Gasteiger partial charge in [0.25, 0.3) is 0 Å². The number of benzene rings is 2. The van der Waals surface area contributed by atoms with Crippen molar-refractivity contribution in [2.24, 2.45) is 7.05 Å². The summed E-state index contributed by atoms with van der Waals surface area (Å²) in [6, 6.07) is 13.4. The number of fused-ring (bicyclic) bond motifs is 3.